The molecule has 1 N–H and O–H groups in total. The predicted molar refractivity (Wildman–Crippen MR) is 95.7 cm³/mol. The number of benzene rings is 1. The molecule has 0 aliphatic carbocycles. The Labute approximate surface area is 148 Å². The Hall–Kier alpha value is -0.820. The van der Waals surface area contributed by atoms with Gasteiger partial charge in [0.1, 0.15) is 4.32 Å². The van der Waals surface area contributed by atoms with Crippen LogP contribution in [-0.2, 0) is 9.59 Å². The molecule has 0 radical (unpaired) electrons. The van der Waals surface area contributed by atoms with Gasteiger partial charge in [-0.05, 0) is 24.6 Å². The molecule has 1 heterocycles. The van der Waals surface area contributed by atoms with Crippen molar-refractivity contribution in [2.24, 2.45) is 0 Å². The number of anilines is 1. The standard InChI is InChI=1S/C14H14Cl2N2O2S2/c1-2-11-13(20)18(14(21)22-11)6-5-12(19)17-10-7-8(15)3-4-9(10)16/h3-4,7,11H,2,5-6H2,1H3,(H,17,19). The number of thioether (sulfide) groups is 1. The molecule has 1 unspecified atom stereocenters. The molecule has 1 saturated heterocycles. The minimum atomic E-state index is -0.246. The summed E-state index contributed by atoms with van der Waals surface area (Å²) in [5.41, 5.74) is 0.454. The fourth-order valence-electron chi connectivity index (χ4n) is 1.98. The van der Waals surface area contributed by atoms with Crippen LogP contribution in [0.5, 0.6) is 0 Å². The van der Waals surface area contributed by atoms with E-state index in [1.807, 2.05) is 6.92 Å². The largest absolute Gasteiger partial charge is 0.325 e. The number of carbonyl (C=O) groups excluding carboxylic acids is 2. The van der Waals surface area contributed by atoms with Crippen molar-refractivity contribution in [3.63, 3.8) is 0 Å². The number of amides is 2. The van der Waals surface area contributed by atoms with Crippen molar-refractivity contribution in [3.05, 3.63) is 28.2 Å². The minimum absolute atomic E-state index is 0.0221. The Bertz CT molecular complexity index is 625. The lowest BCUT2D eigenvalue weighted by molar-refractivity contribution is -0.126. The van der Waals surface area contributed by atoms with Gasteiger partial charge in [0.15, 0.2) is 0 Å². The molecule has 1 aliphatic rings. The van der Waals surface area contributed by atoms with Gasteiger partial charge in [-0.25, -0.2) is 0 Å². The van der Waals surface area contributed by atoms with Crippen LogP contribution in [0.2, 0.25) is 10.0 Å². The van der Waals surface area contributed by atoms with E-state index in [-0.39, 0.29) is 30.0 Å². The second kappa shape index (κ2) is 7.64. The number of nitrogens with one attached hydrogen (secondary N) is 1. The zero-order chi connectivity index (χ0) is 16.3. The second-order valence-electron chi connectivity index (χ2n) is 4.69. The first kappa shape index (κ1) is 17.5. The van der Waals surface area contributed by atoms with Crippen molar-refractivity contribution >= 4 is 69.0 Å². The van der Waals surface area contributed by atoms with Crippen LogP contribution in [0.25, 0.3) is 0 Å². The highest BCUT2D eigenvalue weighted by molar-refractivity contribution is 8.24. The Morgan fingerprint density at radius 3 is 2.82 bits per heavy atom. The van der Waals surface area contributed by atoms with Gasteiger partial charge in [-0.3, -0.25) is 14.5 Å². The summed E-state index contributed by atoms with van der Waals surface area (Å²) in [5.74, 6) is -0.268. The van der Waals surface area contributed by atoms with E-state index in [1.54, 1.807) is 18.2 Å². The smallest absolute Gasteiger partial charge is 0.241 e. The topological polar surface area (TPSA) is 49.4 Å². The highest BCUT2D eigenvalue weighted by atomic mass is 35.5. The number of thiocarbonyl (C=S) groups is 1. The van der Waals surface area contributed by atoms with Crippen LogP contribution in [0.15, 0.2) is 18.2 Å². The zero-order valence-corrected chi connectivity index (χ0v) is 14.9. The fraction of sp³-hybridized carbons (Fsp3) is 0.357. The molecule has 8 heteroatoms. The first-order valence-corrected chi connectivity index (χ1v) is 8.73. The average Bonchev–Trinajstić information content (AvgIpc) is 2.75. The van der Waals surface area contributed by atoms with Crippen LogP contribution in [0.1, 0.15) is 19.8 Å². The molecular formula is C14H14Cl2N2O2S2. The summed E-state index contributed by atoms with van der Waals surface area (Å²) in [6.07, 6.45) is 0.871. The van der Waals surface area contributed by atoms with Crippen molar-refractivity contribution in [1.29, 1.82) is 0 Å². The summed E-state index contributed by atoms with van der Waals surface area (Å²) < 4.78 is 0.533. The van der Waals surface area contributed by atoms with Gasteiger partial charge in [0.2, 0.25) is 11.8 Å². The number of halogens is 2. The third-order valence-electron chi connectivity index (χ3n) is 3.14. The van der Waals surface area contributed by atoms with Crippen molar-refractivity contribution < 1.29 is 9.59 Å². The van der Waals surface area contributed by atoms with Crippen LogP contribution >= 0.6 is 47.2 Å². The van der Waals surface area contributed by atoms with Crippen LogP contribution in [-0.4, -0.2) is 32.8 Å². The molecule has 1 fully saturated rings. The molecule has 4 nitrogen and oxygen atoms in total. The molecule has 22 heavy (non-hydrogen) atoms. The summed E-state index contributed by atoms with van der Waals surface area (Å²) in [6, 6.07) is 4.83. The SMILES string of the molecule is CCC1SC(=S)N(CCC(=O)Nc2cc(Cl)ccc2Cl)C1=O. The van der Waals surface area contributed by atoms with Crippen LogP contribution in [0.4, 0.5) is 5.69 Å². The Balaban J connectivity index is 1.92. The second-order valence-corrected chi connectivity index (χ2v) is 7.37. The summed E-state index contributed by atoms with van der Waals surface area (Å²) >= 11 is 18.4. The van der Waals surface area contributed by atoms with Gasteiger partial charge in [-0.1, -0.05) is 54.1 Å². The number of rotatable bonds is 5. The molecule has 1 atom stereocenters. The Morgan fingerprint density at radius 1 is 1.45 bits per heavy atom. The molecule has 118 valence electrons. The van der Waals surface area contributed by atoms with E-state index in [0.29, 0.717) is 20.1 Å². The van der Waals surface area contributed by atoms with Crippen molar-refractivity contribution in [3.8, 4) is 0 Å². The first-order valence-electron chi connectivity index (χ1n) is 6.69. The number of hydrogen-bond donors (Lipinski definition) is 1. The third-order valence-corrected chi connectivity index (χ3v) is 5.46. The fourth-order valence-corrected chi connectivity index (χ4v) is 3.79. The zero-order valence-electron chi connectivity index (χ0n) is 11.8. The van der Waals surface area contributed by atoms with Crippen molar-refractivity contribution in [2.45, 2.75) is 25.0 Å². The molecule has 1 aromatic carbocycles. The molecular weight excluding hydrogens is 363 g/mol. The maximum absolute atomic E-state index is 12.1. The van der Waals surface area contributed by atoms with Gasteiger partial charge < -0.3 is 5.32 Å². The molecule has 1 aliphatic heterocycles. The van der Waals surface area contributed by atoms with Gasteiger partial charge in [0.25, 0.3) is 0 Å². The number of hydrogen-bond acceptors (Lipinski definition) is 4. The normalized spacial score (nSPS) is 18.0. The number of carbonyl (C=O) groups is 2. The summed E-state index contributed by atoms with van der Waals surface area (Å²) in [6.45, 7) is 2.21. The van der Waals surface area contributed by atoms with Gasteiger partial charge in [0.05, 0.1) is 16.0 Å². The van der Waals surface area contributed by atoms with Gasteiger partial charge in [-0.15, -0.1) is 0 Å². The average molecular weight is 377 g/mol. The predicted octanol–water partition coefficient (Wildman–Crippen LogP) is 3.96. The summed E-state index contributed by atoms with van der Waals surface area (Å²) in [4.78, 5) is 25.6. The molecule has 2 rings (SSSR count). The van der Waals surface area contributed by atoms with Gasteiger partial charge in [0, 0.05) is 18.0 Å². The molecule has 0 bridgehead atoms. The summed E-state index contributed by atoms with van der Waals surface area (Å²) in [5, 5.41) is 3.45. The minimum Gasteiger partial charge on any atom is -0.325 e. The third kappa shape index (κ3) is 4.13. The first-order chi connectivity index (χ1) is 10.4. The monoisotopic (exact) mass is 376 g/mol. The van der Waals surface area contributed by atoms with E-state index < -0.39 is 0 Å². The van der Waals surface area contributed by atoms with Crippen LogP contribution in [0.3, 0.4) is 0 Å². The van der Waals surface area contributed by atoms with Gasteiger partial charge in [-0.2, -0.15) is 0 Å². The summed E-state index contributed by atoms with van der Waals surface area (Å²) in [7, 11) is 0. The van der Waals surface area contributed by atoms with Gasteiger partial charge >= 0.3 is 0 Å². The highest BCUT2D eigenvalue weighted by Crippen LogP contribution is 2.29. The highest BCUT2D eigenvalue weighted by Gasteiger charge is 2.35. The van der Waals surface area contributed by atoms with E-state index in [2.05, 4.69) is 5.32 Å². The van der Waals surface area contributed by atoms with Crippen LogP contribution in [0, 0.1) is 0 Å². The molecule has 0 spiro atoms. The quantitative estimate of drug-likeness (QED) is 0.790. The van der Waals surface area contributed by atoms with E-state index in [0.717, 1.165) is 6.42 Å². The lowest BCUT2D eigenvalue weighted by Gasteiger charge is -2.15. The Kier molecular flexibility index (Phi) is 6.09. The lowest BCUT2D eigenvalue weighted by atomic mass is 10.2. The molecule has 0 aromatic heterocycles. The maximum Gasteiger partial charge on any atom is 0.241 e. The molecule has 1 aromatic rings. The molecule has 0 saturated carbocycles. The van der Waals surface area contributed by atoms with E-state index in [4.69, 9.17) is 35.4 Å². The number of nitrogens with zero attached hydrogens (tertiary/aromatic N) is 1. The van der Waals surface area contributed by atoms with E-state index in [9.17, 15) is 9.59 Å². The van der Waals surface area contributed by atoms with Crippen LogP contribution < -0.4 is 5.32 Å². The Morgan fingerprint density at radius 2 is 2.18 bits per heavy atom. The van der Waals surface area contributed by atoms with Crippen molar-refractivity contribution in [1.82, 2.24) is 4.90 Å². The van der Waals surface area contributed by atoms with Crippen molar-refractivity contribution in [2.75, 3.05) is 11.9 Å². The van der Waals surface area contributed by atoms with E-state index >= 15 is 0 Å². The maximum atomic E-state index is 12.1. The van der Waals surface area contributed by atoms with E-state index in [1.165, 1.54) is 16.7 Å². The lowest BCUT2D eigenvalue weighted by Crippen LogP contribution is -2.34. The molecule has 2 amide bonds.